The smallest absolute Gasteiger partial charge is 0.232 e. The summed E-state index contributed by atoms with van der Waals surface area (Å²) in [5, 5.41) is 0. The van der Waals surface area contributed by atoms with Crippen molar-refractivity contribution >= 4 is 5.95 Å². The van der Waals surface area contributed by atoms with Crippen molar-refractivity contribution in [1.29, 1.82) is 0 Å². The Morgan fingerprint density at radius 2 is 1.91 bits per heavy atom. The molecule has 2 saturated heterocycles. The van der Waals surface area contributed by atoms with E-state index in [0.29, 0.717) is 29.8 Å². The molecule has 2 fully saturated rings. The molecule has 7 heteroatoms. The molecule has 0 spiro atoms. The minimum atomic E-state index is 0.398. The number of anilines is 1. The summed E-state index contributed by atoms with van der Waals surface area (Å²) in [6, 6.07) is 2.64. The van der Waals surface area contributed by atoms with Crippen molar-refractivity contribution < 1.29 is 14.2 Å². The maximum Gasteiger partial charge on any atom is 0.232 e. The van der Waals surface area contributed by atoms with Crippen LogP contribution in [0.2, 0.25) is 0 Å². The predicted molar refractivity (Wildman–Crippen MR) is 87.4 cm³/mol. The number of fused-ring (bicyclic) bond motifs is 1. The highest BCUT2D eigenvalue weighted by atomic mass is 16.5. The van der Waals surface area contributed by atoms with Crippen LogP contribution in [0.1, 0.15) is 19.8 Å². The highest BCUT2D eigenvalue weighted by molar-refractivity contribution is 5.37. The zero-order valence-electron chi connectivity index (χ0n) is 14.2. The fraction of sp³-hybridized carbons (Fsp3) is 0.750. The first-order chi connectivity index (χ1) is 11.2. The summed E-state index contributed by atoms with van der Waals surface area (Å²) in [5.41, 5.74) is 0. The normalized spacial score (nSPS) is 25.1. The number of nitrogens with zero attached hydrogens (tertiary/aromatic N) is 4. The van der Waals surface area contributed by atoms with Crippen molar-refractivity contribution in [3.05, 3.63) is 6.07 Å². The predicted octanol–water partition coefficient (Wildman–Crippen LogP) is 1.18. The lowest BCUT2D eigenvalue weighted by Gasteiger charge is -2.48. The van der Waals surface area contributed by atoms with Crippen molar-refractivity contribution in [2.24, 2.45) is 0 Å². The molecule has 0 unspecified atom stereocenters. The minimum absolute atomic E-state index is 0.398. The summed E-state index contributed by atoms with van der Waals surface area (Å²) in [6.45, 7) is 6.66. The average Bonchev–Trinajstić information content (AvgIpc) is 2.61. The van der Waals surface area contributed by atoms with Gasteiger partial charge in [-0.1, -0.05) is 13.3 Å². The van der Waals surface area contributed by atoms with Crippen LogP contribution < -0.4 is 14.4 Å². The summed E-state index contributed by atoms with van der Waals surface area (Å²) >= 11 is 0. The van der Waals surface area contributed by atoms with Gasteiger partial charge >= 0.3 is 0 Å². The van der Waals surface area contributed by atoms with Gasteiger partial charge in [-0.05, 0) is 6.42 Å². The van der Waals surface area contributed by atoms with E-state index in [1.54, 1.807) is 20.3 Å². The number of ether oxygens (including phenoxy) is 3. The molecule has 3 heterocycles. The summed E-state index contributed by atoms with van der Waals surface area (Å²) in [5.74, 6) is 1.72. The second-order valence-electron chi connectivity index (χ2n) is 6.07. The molecule has 23 heavy (non-hydrogen) atoms. The van der Waals surface area contributed by atoms with Crippen LogP contribution in [0.25, 0.3) is 0 Å². The Morgan fingerprint density at radius 3 is 2.57 bits per heavy atom. The largest absolute Gasteiger partial charge is 0.481 e. The van der Waals surface area contributed by atoms with Gasteiger partial charge in [-0.2, -0.15) is 9.97 Å². The third kappa shape index (κ3) is 3.50. The van der Waals surface area contributed by atoms with Crippen LogP contribution in [-0.4, -0.2) is 74.0 Å². The van der Waals surface area contributed by atoms with Crippen LogP contribution in [-0.2, 0) is 4.74 Å². The van der Waals surface area contributed by atoms with E-state index in [1.165, 1.54) is 12.8 Å². The van der Waals surface area contributed by atoms with Crippen molar-refractivity contribution in [2.45, 2.75) is 31.8 Å². The van der Waals surface area contributed by atoms with Gasteiger partial charge in [-0.3, -0.25) is 4.90 Å². The minimum Gasteiger partial charge on any atom is -0.481 e. The lowest BCUT2D eigenvalue weighted by molar-refractivity contribution is -0.0559. The van der Waals surface area contributed by atoms with Gasteiger partial charge in [0.2, 0.25) is 17.7 Å². The van der Waals surface area contributed by atoms with Crippen LogP contribution in [0.15, 0.2) is 6.07 Å². The summed E-state index contributed by atoms with van der Waals surface area (Å²) in [6.07, 6.45) is 2.39. The van der Waals surface area contributed by atoms with Crippen molar-refractivity contribution in [2.75, 3.05) is 52.0 Å². The summed E-state index contributed by atoms with van der Waals surface area (Å²) in [4.78, 5) is 13.7. The number of methoxy groups -OCH3 is 2. The molecule has 1 aromatic heterocycles. The molecule has 0 aromatic carbocycles. The first-order valence-electron chi connectivity index (χ1n) is 8.30. The summed E-state index contributed by atoms with van der Waals surface area (Å²) in [7, 11) is 3.21. The quantitative estimate of drug-likeness (QED) is 0.807. The fourth-order valence-corrected chi connectivity index (χ4v) is 3.44. The van der Waals surface area contributed by atoms with Crippen molar-refractivity contribution in [3.8, 4) is 11.8 Å². The second kappa shape index (κ2) is 7.31. The Hall–Kier alpha value is -1.60. The topological polar surface area (TPSA) is 60.0 Å². The van der Waals surface area contributed by atoms with E-state index in [9.17, 15) is 0 Å². The first kappa shape index (κ1) is 16.3. The van der Waals surface area contributed by atoms with Crippen molar-refractivity contribution in [1.82, 2.24) is 14.9 Å². The van der Waals surface area contributed by atoms with Crippen LogP contribution in [0.5, 0.6) is 11.8 Å². The van der Waals surface area contributed by atoms with Gasteiger partial charge in [0, 0.05) is 25.7 Å². The third-order valence-electron chi connectivity index (χ3n) is 4.61. The zero-order chi connectivity index (χ0) is 16.2. The Bertz CT molecular complexity index is 504. The van der Waals surface area contributed by atoms with Gasteiger partial charge in [0.25, 0.3) is 0 Å². The molecule has 7 nitrogen and oxygen atoms in total. The van der Waals surface area contributed by atoms with Gasteiger partial charge < -0.3 is 19.1 Å². The van der Waals surface area contributed by atoms with Gasteiger partial charge in [0.15, 0.2) is 0 Å². The number of morpholine rings is 1. The van der Waals surface area contributed by atoms with E-state index in [1.807, 2.05) is 0 Å². The molecule has 0 radical (unpaired) electrons. The number of rotatable bonds is 5. The lowest BCUT2D eigenvalue weighted by atomic mass is 10.0. The Morgan fingerprint density at radius 1 is 1.17 bits per heavy atom. The first-order valence-corrected chi connectivity index (χ1v) is 8.30. The third-order valence-corrected chi connectivity index (χ3v) is 4.61. The van der Waals surface area contributed by atoms with E-state index >= 15 is 0 Å². The molecule has 2 aliphatic heterocycles. The number of hydrogen-bond acceptors (Lipinski definition) is 7. The maximum absolute atomic E-state index is 5.82. The number of hydrogen-bond donors (Lipinski definition) is 0. The molecule has 1 aromatic rings. The SMILES string of the molecule is CCC[C@H]1COC[C@H]2CN(c3nc(OC)cc(OC)n3)CCN12. The molecule has 0 saturated carbocycles. The van der Waals surface area contributed by atoms with E-state index in [0.717, 1.165) is 32.8 Å². The standard InChI is InChI=1S/C16H26N4O3/c1-4-5-12-10-23-11-13-9-19(6-7-20(12)13)16-17-14(21-2)8-15(18-16)22-3/h8,12-13H,4-7,9-11H2,1-3H3/t12-,13+/m0/s1. The second-order valence-corrected chi connectivity index (χ2v) is 6.07. The molecule has 0 amide bonds. The van der Waals surface area contributed by atoms with E-state index < -0.39 is 0 Å². The van der Waals surface area contributed by atoms with E-state index in [4.69, 9.17) is 14.2 Å². The van der Waals surface area contributed by atoms with Crippen LogP contribution >= 0.6 is 0 Å². The maximum atomic E-state index is 5.82. The Balaban J connectivity index is 1.74. The highest BCUT2D eigenvalue weighted by Gasteiger charge is 2.36. The lowest BCUT2D eigenvalue weighted by Crippen LogP contribution is -2.62. The van der Waals surface area contributed by atoms with Gasteiger partial charge in [0.05, 0.1) is 39.5 Å². The van der Waals surface area contributed by atoms with E-state index in [2.05, 4.69) is 26.7 Å². The van der Waals surface area contributed by atoms with Gasteiger partial charge in [-0.25, -0.2) is 0 Å². The fourth-order valence-electron chi connectivity index (χ4n) is 3.44. The van der Waals surface area contributed by atoms with Crippen molar-refractivity contribution in [3.63, 3.8) is 0 Å². The Labute approximate surface area is 137 Å². The molecule has 2 atom stereocenters. The molecular formula is C16H26N4O3. The number of aromatic nitrogens is 2. The molecule has 0 bridgehead atoms. The van der Waals surface area contributed by atoms with Gasteiger partial charge in [-0.15, -0.1) is 0 Å². The average molecular weight is 322 g/mol. The highest BCUT2D eigenvalue weighted by Crippen LogP contribution is 2.26. The van der Waals surface area contributed by atoms with Crippen LogP contribution in [0.4, 0.5) is 5.95 Å². The molecule has 2 aliphatic rings. The molecule has 3 rings (SSSR count). The summed E-state index contributed by atoms with van der Waals surface area (Å²) < 4.78 is 16.3. The monoisotopic (exact) mass is 322 g/mol. The van der Waals surface area contributed by atoms with Crippen LogP contribution in [0, 0.1) is 0 Å². The molecule has 0 aliphatic carbocycles. The molecular weight excluding hydrogens is 296 g/mol. The molecule has 0 N–H and O–H groups in total. The number of piperazine rings is 1. The molecule has 128 valence electrons. The van der Waals surface area contributed by atoms with Crippen LogP contribution in [0.3, 0.4) is 0 Å². The Kier molecular flexibility index (Phi) is 5.17. The van der Waals surface area contributed by atoms with E-state index in [-0.39, 0.29) is 0 Å². The zero-order valence-corrected chi connectivity index (χ0v) is 14.2. The van der Waals surface area contributed by atoms with Gasteiger partial charge in [0.1, 0.15) is 0 Å².